The molecule has 38 heavy (non-hydrogen) atoms. The Hall–Kier alpha value is -2.77. The number of aromatic nitrogens is 2. The molecular formula is C26H31N5O4S3. The molecule has 1 aliphatic rings. The minimum absolute atomic E-state index is 0.125. The van der Waals surface area contributed by atoms with E-state index >= 15 is 0 Å². The average molecular weight is 574 g/mol. The fourth-order valence-corrected chi connectivity index (χ4v) is 8.30. The number of hydrogen-bond donors (Lipinski definition) is 1. The second-order valence-electron chi connectivity index (χ2n) is 9.13. The Labute approximate surface area is 230 Å². The molecule has 1 atom stereocenters. The second kappa shape index (κ2) is 11.1. The van der Waals surface area contributed by atoms with Crippen molar-refractivity contribution in [3.63, 3.8) is 0 Å². The van der Waals surface area contributed by atoms with Gasteiger partial charge in [-0.1, -0.05) is 18.2 Å². The number of nitrogens with zero attached hydrogens (tertiary/aromatic N) is 4. The van der Waals surface area contributed by atoms with Crippen molar-refractivity contribution in [3.8, 4) is 10.7 Å². The summed E-state index contributed by atoms with van der Waals surface area (Å²) in [4.78, 5) is 25.1. The predicted octanol–water partition coefficient (Wildman–Crippen LogP) is 4.59. The van der Waals surface area contributed by atoms with Crippen molar-refractivity contribution in [2.75, 3.05) is 37.1 Å². The molecule has 1 unspecified atom stereocenters. The van der Waals surface area contributed by atoms with Crippen molar-refractivity contribution in [1.82, 2.24) is 19.8 Å². The van der Waals surface area contributed by atoms with Crippen molar-refractivity contribution in [2.45, 2.75) is 37.8 Å². The minimum atomic E-state index is -3.84. The van der Waals surface area contributed by atoms with Crippen LogP contribution in [0.3, 0.4) is 0 Å². The molecule has 1 fully saturated rings. The highest BCUT2D eigenvalue weighted by Gasteiger charge is 2.32. The largest absolute Gasteiger partial charge is 0.358 e. The molecule has 0 bridgehead atoms. The molecule has 0 saturated carbocycles. The van der Waals surface area contributed by atoms with Gasteiger partial charge in [-0.2, -0.15) is 0 Å². The standard InChI is InChI=1S/C26H31N5O4S3/c1-4-35-19(3)31(38(33,34)24-9-6-14-36-24)23-8-5-7-20-15-22(28-25(20)23)26-27-16-21(37-26)17-29-10-12-30(13-11-29)18(2)32/h5-9,14-16,19,28H,4,10-13,17H2,1-3H3. The van der Waals surface area contributed by atoms with Gasteiger partial charge < -0.3 is 14.6 Å². The van der Waals surface area contributed by atoms with E-state index < -0.39 is 16.3 Å². The lowest BCUT2D eigenvalue weighted by Gasteiger charge is -2.33. The number of rotatable bonds is 9. The Morgan fingerprint density at radius 3 is 2.68 bits per heavy atom. The Morgan fingerprint density at radius 1 is 1.21 bits per heavy atom. The van der Waals surface area contributed by atoms with Crippen LogP contribution in [-0.4, -0.2) is 73.1 Å². The summed E-state index contributed by atoms with van der Waals surface area (Å²) in [6, 6.07) is 11.0. The summed E-state index contributed by atoms with van der Waals surface area (Å²) in [5.74, 6) is 0.125. The van der Waals surface area contributed by atoms with Gasteiger partial charge >= 0.3 is 0 Å². The molecule has 0 spiro atoms. The van der Waals surface area contributed by atoms with Gasteiger partial charge in [-0.05, 0) is 37.4 Å². The zero-order valence-corrected chi connectivity index (χ0v) is 24.0. The number of carbonyl (C=O) groups is 1. The molecular weight excluding hydrogens is 543 g/mol. The van der Waals surface area contributed by atoms with E-state index in [0.717, 1.165) is 53.7 Å². The predicted molar refractivity (Wildman–Crippen MR) is 152 cm³/mol. The van der Waals surface area contributed by atoms with E-state index in [-0.39, 0.29) is 10.1 Å². The average Bonchev–Trinajstić information content (AvgIpc) is 3.65. The Bertz CT molecular complexity index is 1500. The van der Waals surface area contributed by atoms with Crippen molar-refractivity contribution in [1.29, 1.82) is 0 Å². The third kappa shape index (κ3) is 5.36. The first kappa shape index (κ1) is 26.8. The maximum atomic E-state index is 13.7. The second-order valence-corrected chi connectivity index (χ2v) is 13.2. The van der Waals surface area contributed by atoms with E-state index in [9.17, 15) is 13.2 Å². The number of H-pyrrole nitrogens is 1. The van der Waals surface area contributed by atoms with Crippen molar-refractivity contribution < 1.29 is 17.9 Å². The summed E-state index contributed by atoms with van der Waals surface area (Å²) in [6.45, 7) is 9.57. The highest BCUT2D eigenvalue weighted by molar-refractivity contribution is 7.94. The Morgan fingerprint density at radius 2 is 2.00 bits per heavy atom. The molecule has 4 heterocycles. The molecule has 202 valence electrons. The number of anilines is 1. The van der Waals surface area contributed by atoms with Crippen LogP contribution in [0.5, 0.6) is 0 Å². The molecule has 5 rings (SSSR count). The number of aromatic amines is 1. The van der Waals surface area contributed by atoms with Crippen LogP contribution in [-0.2, 0) is 26.1 Å². The summed E-state index contributed by atoms with van der Waals surface area (Å²) in [5.41, 5.74) is 2.08. The lowest BCUT2D eigenvalue weighted by molar-refractivity contribution is -0.130. The molecule has 12 heteroatoms. The maximum absolute atomic E-state index is 13.7. The van der Waals surface area contributed by atoms with E-state index in [1.807, 2.05) is 36.2 Å². The zero-order valence-electron chi connectivity index (χ0n) is 21.6. The fraction of sp³-hybridized carbons (Fsp3) is 0.385. The number of carbonyl (C=O) groups excluding carboxylic acids is 1. The van der Waals surface area contributed by atoms with Crippen LogP contribution in [0.4, 0.5) is 5.69 Å². The normalized spacial score (nSPS) is 15.7. The molecule has 1 aromatic carbocycles. The quantitative estimate of drug-likeness (QED) is 0.294. The van der Waals surface area contributed by atoms with Crippen molar-refractivity contribution in [3.05, 3.63) is 52.9 Å². The number of fused-ring (bicyclic) bond motifs is 1. The van der Waals surface area contributed by atoms with Gasteiger partial charge in [0.1, 0.15) is 15.4 Å². The van der Waals surface area contributed by atoms with Crippen LogP contribution in [0, 0.1) is 0 Å². The number of nitrogens with one attached hydrogen (secondary N) is 1. The number of thiazole rings is 1. The van der Waals surface area contributed by atoms with Gasteiger partial charge in [0.05, 0.1) is 16.9 Å². The van der Waals surface area contributed by atoms with Gasteiger partial charge in [-0.15, -0.1) is 22.7 Å². The van der Waals surface area contributed by atoms with Gasteiger partial charge in [0.2, 0.25) is 5.91 Å². The number of piperazine rings is 1. The number of para-hydroxylation sites is 1. The lowest BCUT2D eigenvalue weighted by Crippen LogP contribution is -2.47. The van der Waals surface area contributed by atoms with Gasteiger partial charge in [-0.3, -0.25) is 9.69 Å². The summed E-state index contributed by atoms with van der Waals surface area (Å²) < 4.78 is 34.8. The monoisotopic (exact) mass is 573 g/mol. The van der Waals surface area contributed by atoms with Crippen molar-refractivity contribution in [2.24, 2.45) is 0 Å². The molecule has 1 saturated heterocycles. The SMILES string of the molecule is CCOC(C)N(c1cccc2cc(-c3ncc(CN4CCN(C(C)=O)CC4)s3)[nH]c12)S(=O)(=O)c1cccs1. The molecule has 0 aliphatic carbocycles. The zero-order chi connectivity index (χ0) is 26.9. The van der Waals surface area contributed by atoms with Crippen molar-refractivity contribution >= 4 is 55.2 Å². The molecule has 4 aromatic rings. The summed E-state index contributed by atoms with van der Waals surface area (Å²) in [7, 11) is -3.84. The molecule has 1 amide bonds. The van der Waals surface area contributed by atoms with Crippen LogP contribution in [0.2, 0.25) is 0 Å². The van der Waals surface area contributed by atoms with Crippen LogP contribution < -0.4 is 4.31 Å². The van der Waals surface area contributed by atoms with Crippen LogP contribution in [0.25, 0.3) is 21.6 Å². The molecule has 1 aliphatic heterocycles. The summed E-state index contributed by atoms with van der Waals surface area (Å²) in [6.07, 6.45) is 1.20. The van der Waals surface area contributed by atoms with Gasteiger partial charge in [-0.25, -0.2) is 17.7 Å². The number of benzene rings is 1. The first-order valence-electron chi connectivity index (χ1n) is 12.5. The van der Waals surface area contributed by atoms with Crippen LogP contribution in [0.1, 0.15) is 25.6 Å². The first-order valence-corrected chi connectivity index (χ1v) is 15.7. The number of sulfonamides is 1. The van der Waals surface area contributed by atoms with Gasteiger partial charge in [0.25, 0.3) is 10.0 Å². The topological polar surface area (TPSA) is 98.8 Å². The highest BCUT2D eigenvalue weighted by Crippen LogP contribution is 2.37. The van der Waals surface area contributed by atoms with Gasteiger partial charge in [0.15, 0.2) is 0 Å². The number of amides is 1. The maximum Gasteiger partial charge on any atom is 0.276 e. The lowest BCUT2D eigenvalue weighted by atomic mass is 10.2. The third-order valence-corrected chi connectivity index (χ3v) is 10.9. The fourth-order valence-electron chi connectivity index (χ4n) is 4.72. The third-order valence-electron chi connectivity index (χ3n) is 6.60. The molecule has 3 aromatic heterocycles. The van der Waals surface area contributed by atoms with Crippen LogP contribution >= 0.6 is 22.7 Å². The van der Waals surface area contributed by atoms with E-state index in [2.05, 4.69) is 14.9 Å². The first-order chi connectivity index (χ1) is 18.3. The molecule has 9 nitrogen and oxygen atoms in total. The van der Waals surface area contributed by atoms with E-state index in [4.69, 9.17) is 4.74 Å². The number of ether oxygens (including phenoxy) is 1. The van der Waals surface area contributed by atoms with E-state index in [0.29, 0.717) is 17.8 Å². The number of thiophene rings is 1. The summed E-state index contributed by atoms with van der Waals surface area (Å²) >= 11 is 2.80. The van der Waals surface area contributed by atoms with Gasteiger partial charge in [0, 0.05) is 62.7 Å². The number of hydrogen-bond acceptors (Lipinski definition) is 8. The van der Waals surface area contributed by atoms with E-state index in [1.54, 1.807) is 48.8 Å². The highest BCUT2D eigenvalue weighted by atomic mass is 32.2. The van der Waals surface area contributed by atoms with Crippen LogP contribution in [0.15, 0.2) is 52.2 Å². The Kier molecular flexibility index (Phi) is 7.87. The molecule has 1 N–H and O–H groups in total. The van der Waals surface area contributed by atoms with E-state index in [1.165, 1.54) is 15.6 Å². The molecule has 0 radical (unpaired) electrons. The smallest absolute Gasteiger partial charge is 0.276 e. The Balaban J connectivity index is 1.43. The summed E-state index contributed by atoms with van der Waals surface area (Å²) in [5, 5.41) is 3.49. The minimum Gasteiger partial charge on any atom is -0.358 e.